The second kappa shape index (κ2) is 5.09. The largest absolute Gasteiger partial charge is 0.253 e. The lowest BCUT2D eigenvalue weighted by Crippen LogP contribution is -2.22. The number of halogens is 1. The fraction of sp³-hybridized carbons (Fsp3) is 0.111. The highest BCUT2D eigenvalue weighted by atomic mass is 35.5. The van der Waals surface area contributed by atoms with Crippen LogP contribution in [0.5, 0.6) is 0 Å². The summed E-state index contributed by atoms with van der Waals surface area (Å²) in [6.45, 7) is 0.215. The molecule has 2 heterocycles. The quantitative estimate of drug-likeness (QED) is 0.869. The van der Waals surface area contributed by atoms with Crippen molar-refractivity contribution in [2.75, 3.05) is 0 Å². The summed E-state index contributed by atoms with van der Waals surface area (Å²) in [7, 11) is -3.55. The van der Waals surface area contributed by atoms with Crippen LogP contribution in [-0.4, -0.2) is 18.4 Å². The highest BCUT2D eigenvalue weighted by molar-refractivity contribution is 7.89. The summed E-state index contributed by atoms with van der Waals surface area (Å²) < 4.78 is 26.2. The molecular weight excluding hydrogens is 282 g/mol. The Morgan fingerprint density at radius 1 is 1.47 bits per heavy atom. The molecule has 2 rings (SSSR count). The van der Waals surface area contributed by atoms with Gasteiger partial charge in [0.05, 0.1) is 10.4 Å². The normalized spacial score (nSPS) is 11.6. The van der Waals surface area contributed by atoms with Gasteiger partial charge in [-0.05, 0) is 12.1 Å². The summed E-state index contributed by atoms with van der Waals surface area (Å²) in [5.74, 6) is 0. The number of nitrogens with zero attached hydrogens (tertiary/aromatic N) is 2. The third-order valence-electron chi connectivity index (χ3n) is 1.93. The molecule has 8 heteroatoms. The average molecular weight is 290 g/mol. The molecule has 0 spiro atoms. The Kier molecular flexibility index (Phi) is 3.72. The van der Waals surface area contributed by atoms with E-state index in [0.717, 1.165) is 4.88 Å². The summed E-state index contributed by atoms with van der Waals surface area (Å²) >= 11 is 7.02. The zero-order valence-electron chi connectivity index (χ0n) is 8.50. The second-order valence-electron chi connectivity index (χ2n) is 3.11. The molecule has 2 aromatic rings. The molecule has 2 aromatic heterocycles. The van der Waals surface area contributed by atoms with E-state index in [1.165, 1.54) is 29.7 Å². The monoisotopic (exact) mass is 289 g/mol. The van der Waals surface area contributed by atoms with Gasteiger partial charge in [-0.25, -0.2) is 18.1 Å². The second-order valence-corrected chi connectivity index (χ2v) is 6.23. The average Bonchev–Trinajstić information content (AvgIpc) is 2.79. The fourth-order valence-electron chi connectivity index (χ4n) is 1.13. The molecule has 0 aliphatic rings. The zero-order valence-corrected chi connectivity index (χ0v) is 10.9. The molecule has 0 bridgehead atoms. The van der Waals surface area contributed by atoms with Crippen molar-refractivity contribution in [3.05, 3.63) is 40.1 Å². The van der Waals surface area contributed by atoms with E-state index < -0.39 is 10.0 Å². The molecule has 90 valence electrons. The molecule has 0 amide bonds. The van der Waals surface area contributed by atoms with Crippen LogP contribution in [0.15, 0.2) is 34.9 Å². The maximum Gasteiger partial charge on any atom is 0.241 e. The van der Waals surface area contributed by atoms with Crippen molar-refractivity contribution in [1.29, 1.82) is 0 Å². The van der Waals surface area contributed by atoms with Crippen molar-refractivity contribution in [1.82, 2.24) is 14.7 Å². The first-order chi connectivity index (χ1) is 8.08. The lowest BCUT2D eigenvalue weighted by Gasteiger charge is -2.05. The number of thiazole rings is 1. The summed E-state index contributed by atoms with van der Waals surface area (Å²) in [6, 6.07) is 2.69. The predicted octanol–water partition coefficient (Wildman–Crippen LogP) is 1.67. The van der Waals surface area contributed by atoms with Crippen LogP contribution < -0.4 is 4.72 Å². The Morgan fingerprint density at radius 3 is 2.94 bits per heavy atom. The number of pyridine rings is 1. The molecule has 1 N–H and O–H groups in total. The summed E-state index contributed by atoms with van der Waals surface area (Å²) in [4.78, 5) is 8.53. The predicted molar refractivity (Wildman–Crippen MR) is 65.4 cm³/mol. The maximum atomic E-state index is 11.9. The van der Waals surface area contributed by atoms with E-state index in [9.17, 15) is 8.42 Å². The Hall–Kier alpha value is -1.02. The van der Waals surface area contributed by atoms with Crippen LogP contribution in [0.1, 0.15) is 4.88 Å². The Balaban J connectivity index is 2.14. The molecule has 17 heavy (non-hydrogen) atoms. The van der Waals surface area contributed by atoms with Gasteiger partial charge < -0.3 is 0 Å². The van der Waals surface area contributed by atoms with Gasteiger partial charge in [-0.1, -0.05) is 11.6 Å². The van der Waals surface area contributed by atoms with Gasteiger partial charge in [0.1, 0.15) is 5.15 Å². The lowest BCUT2D eigenvalue weighted by atomic mass is 10.5. The zero-order chi connectivity index (χ0) is 12.3. The molecule has 0 aliphatic carbocycles. The molecule has 0 aliphatic heterocycles. The van der Waals surface area contributed by atoms with E-state index in [1.54, 1.807) is 11.7 Å². The van der Waals surface area contributed by atoms with E-state index in [0.29, 0.717) is 0 Å². The minimum atomic E-state index is -3.55. The van der Waals surface area contributed by atoms with Crippen LogP contribution in [0.4, 0.5) is 0 Å². The topological polar surface area (TPSA) is 72.0 Å². The summed E-state index contributed by atoms with van der Waals surface area (Å²) in [5, 5.41) is 0.144. The summed E-state index contributed by atoms with van der Waals surface area (Å²) in [5.41, 5.74) is 1.65. The van der Waals surface area contributed by atoms with Gasteiger partial charge in [0.25, 0.3) is 0 Å². The van der Waals surface area contributed by atoms with Crippen molar-refractivity contribution in [2.45, 2.75) is 11.4 Å². The first kappa shape index (κ1) is 12.4. The minimum absolute atomic E-state index is 0.0991. The van der Waals surface area contributed by atoms with Crippen molar-refractivity contribution >= 4 is 33.0 Å². The SMILES string of the molecule is O=S(=O)(NCc1cncs1)c1ccnc(Cl)c1. The Labute approximate surface area is 108 Å². The van der Waals surface area contributed by atoms with Crippen LogP contribution in [0.3, 0.4) is 0 Å². The van der Waals surface area contributed by atoms with E-state index in [-0.39, 0.29) is 16.6 Å². The van der Waals surface area contributed by atoms with Gasteiger partial charge in [-0.3, -0.25) is 4.98 Å². The molecule has 5 nitrogen and oxygen atoms in total. The van der Waals surface area contributed by atoms with E-state index in [1.807, 2.05) is 0 Å². The highest BCUT2D eigenvalue weighted by Gasteiger charge is 2.14. The first-order valence-corrected chi connectivity index (χ1v) is 7.30. The van der Waals surface area contributed by atoms with Crippen molar-refractivity contribution < 1.29 is 8.42 Å². The molecular formula is C9H8ClN3O2S2. The molecule has 0 saturated carbocycles. The van der Waals surface area contributed by atoms with Crippen LogP contribution in [0, 0.1) is 0 Å². The first-order valence-electron chi connectivity index (χ1n) is 4.56. The van der Waals surface area contributed by atoms with Gasteiger partial charge in [0, 0.05) is 23.8 Å². The lowest BCUT2D eigenvalue weighted by molar-refractivity contribution is 0.581. The van der Waals surface area contributed by atoms with Gasteiger partial charge in [-0.2, -0.15) is 0 Å². The van der Waals surface area contributed by atoms with Crippen LogP contribution >= 0.6 is 22.9 Å². The standard InChI is InChI=1S/C9H8ClN3O2S2/c10-9-3-8(1-2-12-9)17(14,15)13-5-7-4-11-6-16-7/h1-4,6,13H,5H2. The number of rotatable bonds is 4. The van der Waals surface area contributed by atoms with Crippen molar-refractivity contribution in [2.24, 2.45) is 0 Å². The van der Waals surface area contributed by atoms with Gasteiger partial charge in [0.15, 0.2) is 0 Å². The fourth-order valence-corrected chi connectivity index (χ4v) is 3.01. The van der Waals surface area contributed by atoms with Crippen LogP contribution in [0.2, 0.25) is 5.15 Å². The molecule has 0 aromatic carbocycles. The smallest absolute Gasteiger partial charge is 0.241 e. The van der Waals surface area contributed by atoms with Gasteiger partial charge in [-0.15, -0.1) is 11.3 Å². The number of hydrogen-bond acceptors (Lipinski definition) is 5. The van der Waals surface area contributed by atoms with E-state index in [4.69, 9.17) is 11.6 Å². The number of sulfonamides is 1. The molecule has 0 saturated heterocycles. The van der Waals surface area contributed by atoms with E-state index >= 15 is 0 Å². The van der Waals surface area contributed by atoms with Crippen molar-refractivity contribution in [3.63, 3.8) is 0 Å². The molecule has 0 atom stereocenters. The van der Waals surface area contributed by atoms with Crippen LogP contribution in [-0.2, 0) is 16.6 Å². The van der Waals surface area contributed by atoms with Gasteiger partial charge in [0.2, 0.25) is 10.0 Å². The molecule has 0 fully saturated rings. The van der Waals surface area contributed by atoms with E-state index in [2.05, 4.69) is 14.7 Å². The molecule has 0 radical (unpaired) electrons. The van der Waals surface area contributed by atoms with Crippen molar-refractivity contribution in [3.8, 4) is 0 Å². The minimum Gasteiger partial charge on any atom is -0.253 e. The third kappa shape index (κ3) is 3.22. The number of hydrogen-bond donors (Lipinski definition) is 1. The van der Waals surface area contributed by atoms with Crippen LogP contribution in [0.25, 0.3) is 0 Å². The molecule has 0 unspecified atom stereocenters. The Bertz CT molecular complexity index is 598. The third-order valence-corrected chi connectivity index (χ3v) is 4.31. The maximum absolute atomic E-state index is 11.9. The Morgan fingerprint density at radius 2 is 2.29 bits per heavy atom. The summed E-state index contributed by atoms with van der Waals surface area (Å²) in [6.07, 6.45) is 2.97. The highest BCUT2D eigenvalue weighted by Crippen LogP contribution is 2.13. The number of nitrogens with one attached hydrogen (secondary N) is 1. The van der Waals surface area contributed by atoms with Gasteiger partial charge >= 0.3 is 0 Å². The number of aromatic nitrogens is 2.